The zero-order valence-corrected chi connectivity index (χ0v) is 13.1. The van der Waals surface area contributed by atoms with Crippen molar-refractivity contribution in [2.75, 3.05) is 24.5 Å². The van der Waals surface area contributed by atoms with Crippen molar-refractivity contribution in [1.29, 1.82) is 5.26 Å². The molecular formula is C15H20BrN3. The summed E-state index contributed by atoms with van der Waals surface area (Å²) in [4.78, 5) is 2.39. The van der Waals surface area contributed by atoms with Crippen molar-refractivity contribution >= 4 is 21.6 Å². The molecule has 2 rings (SSSR count). The largest absolute Gasteiger partial charge is 0.370 e. The predicted octanol–water partition coefficient (Wildman–Crippen LogP) is 3.09. The number of hydrogen-bond donors (Lipinski definition) is 1. The highest BCUT2D eigenvalue weighted by Crippen LogP contribution is 2.25. The Morgan fingerprint density at radius 2 is 2.26 bits per heavy atom. The van der Waals surface area contributed by atoms with Gasteiger partial charge >= 0.3 is 0 Å². The van der Waals surface area contributed by atoms with E-state index in [0.717, 1.165) is 24.1 Å². The second-order valence-corrected chi connectivity index (χ2v) is 6.27. The van der Waals surface area contributed by atoms with Crippen molar-refractivity contribution in [2.45, 2.75) is 26.3 Å². The normalized spacial score (nSPS) is 23.8. The molecular weight excluding hydrogens is 302 g/mol. The second-order valence-electron chi connectivity index (χ2n) is 5.41. The van der Waals surface area contributed by atoms with Crippen molar-refractivity contribution in [1.82, 2.24) is 5.32 Å². The van der Waals surface area contributed by atoms with Crippen LogP contribution in [-0.2, 0) is 0 Å². The highest BCUT2D eigenvalue weighted by atomic mass is 79.9. The molecule has 1 aromatic carbocycles. The van der Waals surface area contributed by atoms with Gasteiger partial charge in [0, 0.05) is 29.3 Å². The zero-order valence-electron chi connectivity index (χ0n) is 11.5. The van der Waals surface area contributed by atoms with E-state index in [9.17, 15) is 0 Å². The molecule has 0 aromatic heterocycles. The number of rotatable bonds is 2. The third-order valence-electron chi connectivity index (χ3n) is 3.59. The summed E-state index contributed by atoms with van der Waals surface area (Å²) in [6, 6.07) is 9.02. The van der Waals surface area contributed by atoms with Crippen LogP contribution in [0, 0.1) is 24.2 Å². The number of nitrogens with one attached hydrogen (secondary N) is 1. The molecule has 1 aliphatic rings. The molecule has 0 saturated carbocycles. The molecule has 1 aromatic rings. The number of anilines is 1. The molecule has 2 unspecified atom stereocenters. The van der Waals surface area contributed by atoms with Gasteiger partial charge in [0.2, 0.25) is 0 Å². The molecule has 4 heteroatoms. The number of nitrogens with zero attached hydrogens (tertiary/aromatic N) is 2. The van der Waals surface area contributed by atoms with Gasteiger partial charge in [-0.25, -0.2) is 0 Å². The Bertz CT molecular complexity index is 481. The van der Waals surface area contributed by atoms with Gasteiger partial charge in [-0.15, -0.1) is 0 Å². The lowest BCUT2D eigenvalue weighted by Crippen LogP contribution is -2.37. The maximum atomic E-state index is 8.90. The van der Waals surface area contributed by atoms with E-state index in [2.05, 4.69) is 64.3 Å². The SMILES string of the molecule is Cc1ccc(N2CC(C)CNC(CC#N)C2)cc1Br. The first kappa shape index (κ1) is 14.4. The van der Waals surface area contributed by atoms with Crippen molar-refractivity contribution in [3.05, 3.63) is 28.2 Å². The summed E-state index contributed by atoms with van der Waals surface area (Å²) in [5.74, 6) is 0.587. The number of halogens is 1. The Morgan fingerprint density at radius 1 is 1.47 bits per heavy atom. The van der Waals surface area contributed by atoms with Gasteiger partial charge in [-0.05, 0) is 37.1 Å². The molecule has 1 N–H and O–H groups in total. The molecule has 0 bridgehead atoms. The molecule has 0 aliphatic carbocycles. The van der Waals surface area contributed by atoms with E-state index in [0.29, 0.717) is 12.3 Å². The highest BCUT2D eigenvalue weighted by Gasteiger charge is 2.21. The summed E-state index contributed by atoms with van der Waals surface area (Å²) in [5, 5.41) is 12.4. The Hall–Kier alpha value is -1.05. The third kappa shape index (κ3) is 3.71. The van der Waals surface area contributed by atoms with Gasteiger partial charge in [-0.1, -0.05) is 28.9 Å². The number of nitriles is 1. The van der Waals surface area contributed by atoms with E-state index >= 15 is 0 Å². The van der Waals surface area contributed by atoms with Gasteiger partial charge in [-0.2, -0.15) is 5.26 Å². The lowest BCUT2D eigenvalue weighted by atomic mass is 10.1. The van der Waals surface area contributed by atoms with Crippen molar-refractivity contribution in [3.8, 4) is 6.07 Å². The fraction of sp³-hybridized carbons (Fsp3) is 0.533. The lowest BCUT2D eigenvalue weighted by molar-refractivity contribution is 0.509. The van der Waals surface area contributed by atoms with Crippen LogP contribution in [0.2, 0.25) is 0 Å². The predicted molar refractivity (Wildman–Crippen MR) is 82.3 cm³/mol. The maximum Gasteiger partial charge on any atom is 0.0638 e. The average molecular weight is 322 g/mol. The molecule has 1 saturated heterocycles. The van der Waals surface area contributed by atoms with E-state index in [1.165, 1.54) is 11.3 Å². The van der Waals surface area contributed by atoms with Crippen LogP contribution >= 0.6 is 15.9 Å². The molecule has 0 radical (unpaired) electrons. The van der Waals surface area contributed by atoms with Crippen LogP contribution in [0.3, 0.4) is 0 Å². The van der Waals surface area contributed by atoms with Gasteiger partial charge in [0.05, 0.1) is 12.5 Å². The van der Waals surface area contributed by atoms with E-state index in [-0.39, 0.29) is 6.04 Å². The van der Waals surface area contributed by atoms with Crippen LogP contribution in [-0.4, -0.2) is 25.7 Å². The van der Waals surface area contributed by atoms with Gasteiger partial charge in [0.1, 0.15) is 0 Å². The fourth-order valence-electron chi connectivity index (χ4n) is 2.45. The van der Waals surface area contributed by atoms with Crippen LogP contribution in [0.25, 0.3) is 0 Å². The van der Waals surface area contributed by atoms with Crippen LogP contribution < -0.4 is 10.2 Å². The number of aryl methyl sites for hydroxylation is 1. The topological polar surface area (TPSA) is 39.1 Å². The van der Waals surface area contributed by atoms with E-state index in [1.54, 1.807) is 0 Å². The van der Waals surface area contributed by atoms with Gasteiger partial charge in [0.15, 0.2) is 0 Å². The van der Waals surface area contributed by atoms with E-state index in [4.69, 9.17) is 5.26 Å². The van der Waals surface area contributed by atoms with Crippen molar-refractivity contribution in [3.63, 3.8) is 0 Å². The molecule has 0 amide bonds. The van der Waals surface area contributed by atoms with Gasteiger partial charge < -0.3 is 10.2 Å². The Morgan fingerprint density at radius 3 is 2.95 bits per heavy atom. The summed E-state index contributed by atoms with van der Waals surface area (Å²) in [6.07, 6.45) is 0.566. The van der Waals surface area contributed by atoms with Crippen molar-refractivity contribution < 1.29 is 0 Å². The summed E-state index contributed by atoms with van der Waals surface area (Å²) < 4.78 is 1.15. The minimum Gasteiger partial charge on any atom is -0.370 e. The van der Waals surface area contributed by atoms with Crippen LogP contribution in [0.15, 0.2) is 22.7 Å². The molecule has 1 aliphatic heterocycles. The zero-order chi connectivity index (χ0) is 13.8. The molecule has 1 fully saturated rings. The molecule has 1 heterocycles. The van der Waals surface area contributed by atoms with Crippen LogP contribution in [0.1, 0.15) is 18.9 Å². The van der Waals surface area contributed by atoms with Crippen LogP contribution in [0.5, 0.6) is 0 Å². The first-order chi connectivity index (χ1) is 9.10. The molecule has 0 spiro atoms. The number of hydrogen-bond acceptors (Lipinski definition) is 3. The average Bonchev–Trinajstić information content (AvgIpc) is 2.56. The summed E-state index contributed by atoms with van der Waals surface area (Å²) in [5.41, 5.74) is 2.48. The first-order valence-corrected chi connectivity index (χ1v) is 7.51. The van der Waals surface area contributed by atoms with Crippen LogP contribution in [0.4, 0.5) is 5.69 Å². The minimum absolute atomic E-state index is 0.259. The molecule has 102 valence electrons. The quantitative estimate of drug-likeness (QED) is 0.909. The summed E-state index contributed by atoms with van der Waals surface area (Å²) in [6.45, 7) is 7.25. The molecule has 2 atom stereocenters. The van der Waals surface area contributed by atoms with Gasteiger partial charge in [-0.3, -0.25) is 0 Å². The highest BCUT2D eigenvalue weighted by molar-refractivity contribution is 9.10. The summed E-state index contributed by atoms with van der Waals surface area (Å²) in [7, 11) is 0. The minimum atomic E-state index is 0.259. The number of benzene rings is 1. The fourth-order valence-corrected chi connectivity index (χ4v) is 2.82. The van der Waals surface area contributed by atoms with Gasteiger partial charge in [0.25, 0.3) is 0 Å². The maximum absolute atomic E-state index is 8.90. The Kier molecular flexibility index (Phi) is 4.84. The summed E-state index contributed by atoms with van der Waals surface area (Å²) >= 11 is 3.60. The standard InChI is InChI=1S/C15H20BrN3/c1-11-8-18-13(5-6-17)10-19(9-11)14-4-3-12(2)15(16)7-14/h3-4,7,11,13,18H,5,8-10H2,1-2H3. The smallest absolute Gasteiger partial charge is 0.0638 e. The van der Waals surface area contributed by atoms with E-state index < -0.39 is 0 Å². The lowest BCUT2D eigenvalue weighted by Gasteiger charge is -2.27. The third-order valence-corrected chi connectivity index (χ3v) is 4.44. The second kappa shape index (κ2) is 6.40. The first-order valence-electron chi connectivity index (χ1n) is 6.71. The van der Waals surface area contributed by atoms with E-state index in [1.807, 2.05) is 0 Å². The van der Waals surface area contributed by atoms with Crippen molar-refractivity contribution in [2.24, 2.45) is 5.92 Å². The monoisotopic (exact) mass is 321 g/mol. The Balaban J connectivity index is 2.20. The molecule has 3 nitrogen and oxygen atoms in total. The Labute approximate surface area is 123 Å². The molecule has 19 heavy (non-hydrogen) atoms.